The number of aromatic nitrogens is 3. The number of nitrogens with zero attached hydrogens (tertiary/aromatic N) is 3. The summed E-state index contributed by atoms with van der Waals surface area (Å²) in [4.78, 5) is 4.53. The molecule has 5 heteroatoms. The average Bonchev–Trinajstić information content (AvgIpc) is 2.83. The van der Waals surface area contributed by atoms with Crippen molar-refractivity contribution >= 4 is 33.9 Å². The zero-order valence-corrected chi connectivity index (χ0v) is 17.4. The Bertz CT molecular complexity index is 1340. The SMILES string of the molecule is Clc1ccc(Nc2nnc(Cc3ccnc(-c4ccccc4)c3)c3ccccc23)cc1. The molecule has 0 fully saturated rings. The number of anilines is 2. The number of hydrogen-bond donors (Lipinski definition) is 1. The zero-order chi connectivity index (χ0) is 21.0. The second kappa shape index (κ2) is 8.54. The number of pyridine rings is 1. The molecule has 0 aliphatic heterocycles. The van der Waals surface area contributed by atoms with Crippen LogP contribution in [0, 0.1) is 0 Å². The molecule has 150 valence electrons. The standard InChI is InChI=1S/C26H19ClN4/c27-20-10-12-21(13-11-20)29-26-23-9-5-4-8-22(23)25(30-31-26)17-18-14-15-28-24(16-18)19-6-2-1-3-7-19/h1-16H,17H2,(H,29,31). The molecular weight excluding hydrogens is 404 g/mol. The fourth-order valence-electron chi connectivity index (χ4n) is 3.60. The van der Waals surface area contributed by atoms with E-state index in [4.69, 9.17) is 11.6 Å². The third-order valence-electron chi connectivity index (χ3n) is 5.14. The quantitative estimate of drug-likeness (QED) is 0.343. The fourth-order valence-corrected chi connectivity index (χ4v) is 3.72. The highest BCUT2D eigenvalue weighted by Crippen LogP contribution is 2.28. The number of nitrogens with one attached hydrogen (secondary N) is 1. The Morgan fingerprint density at radius 1 is 0.742 bits per heavy atom. The van der Waals surface area contributed by atoms with E-state index in [1.807, 2.05) is 66.9 Å². The van der Waals surface area contributed by atoms with Crippen LogP contribution < -0.4 is 5.32 Å². The molecule has 5 rings (SSSR count). The average molecular weight is 423 g/mol. The van der Waals surface area contributed by atoms with E-state index in [0.29, 0.717) is 11.4 Å². The van der Waals surface area contributed by atoms with Crippen LogP contribution >= 0.6 is 11.6 Å². The zero-order valence-electron chi connectivity index (χ0n) is 16.7. The normalized spacial score (nSPS) is 10.9. The van der Waals surface area contributed by atoms with Gasteiger partial charge in [-0.05, 0) is 42.0 Å². The summed E-state index contributed by atoms with van der Waals surface area (Å²) >= 11 is 6.00. The first kappa shape index (κ1) is 19.2. The number of hydrogen-bond acceptors (Lipinski definition) is 4. The Kier molecular flexibility index (Phi) is 5.29. The van der Waals surface area contributed by atoms with E-state index in [-0.39, 0.29) is 0 Å². The van der Waals surface area contributed by atoms with Gasteiger partial charge < -0.3 is 5.32 Å². The van der Waals surface area contributed by atoms with Gasteiger partial charge in [-0.1, -0.05) is 66.2 Å². The maximum absolute atomic E-state index is 6.00. The molecule has 3 aromatic carbocycles. The van der Waals surface area contributed by atoms with Crippen LogP contribution in [0.25, 0.3) is 22.0 Å². The van der Waals surface area contributed by atoms with Crippen molar-refractivity contribution in [1.29, 1.82) is 0 Å². The van der Waals surface area contributed by atoms with Gasteiger partial charge in [0, 0.05) is 39.7 Å². The topological polar surface area (TPSA) is 50.7 Å². The molecular formula is C26H19ClN4. The molecule has 0 aliphatic carbocycles. The molecule has 0 amide bonds. The first-order chi connectivity index (χ1) is 15.3. The largest absolute Gasteiger partial charge is 0.338 e. The molecule has 1 N–H and O–H groups in total. The first-order valence-electron chi connectivity index (χ1n) is 10.0. The Hall–Kier alpha value is -3.76. The molecule has 4 nitrogen and oxygen atoms in total. The van der Waals surface area contributed by atoms with Crippen LogP contribution in [0.5, 0.6) is 0 Å². The van der Waals surface area contributed by atoms with Gasteiger partial charge in [0.25, 0.3) is 0 Å². The van der Waals surface area contributed by atoms with Gasteiger partial charge in [-0.2, -0.15) is 5.10 Å². The molecule has 0 radical (unpaired) electrons. The Morgan fingerprint density at radius 3 is 2.29 bits per heavy atom. The van der Waals surface area contributed by atoms with Gasteiger partial charge in [0.1, 0.15) is 0 Å². The van der Waals surface area contributed by atoms with Crippen molar-refractivity contribution in [1.82, 2.24) is 15.2 Å². The Morgan fingerprint density at radius 2 is 1.48 bits per heavy atom. The summed E-state index contributed by atoms with van der Waals surface area (Å²) in [5.74, 6) is 0.723. The van der Waals surface area contributed by atoms with E-state index in [1.165, 1.54) is 0 Å². The lowest BCUT2D eigenvalue weighted by Gasteiger charge is -2.11. The third-order valence-corrected chi connectivity index (χ3v) is 5.39. The van der Waals surface area contributed by atoms with Crippen molar-refractivity contribution in [2.45, 2.75) is 6.42 Å². The van der Waals surface area contributed by atoms with Crippen molar-refractivity contribution in [2.24, 2.45) is 0 Å². The van der Waals surface area contributed by atoms with Gasteiger partial charge >= 0.3 is 0 Å². The molecule has 0 saturated heterocycles. The molecule has 0 bridgehead atoms. The Labute approximate surface area is 185 Å². The molecule has 2 heterocycles. The summed E-state index contributed by atoms with van der Waals surface area (Å²) in [7, 11) is 0. The first-order valence-corrected chi connectivity index (χ1v) is 10.4. The maximum Gasteiger partial charge on any atom is 0.160 e. The maximum atomic E-state index is 6.00. The molecule has 0 spiro atoms. The van der Waals surface area contributed by atoms with Crippen LogP contribution in [0.3, 0.4) is 0 Å². The van der Waals surface area contributed by atoms with Gasteiger partial charge in [0.15, 0.2) is 5.82 Å². The summed E-state index contributed by atoms with van der Waals surface area (Å²) in [6.45, 7) is 0. The highest BCUT2D eigenvalue weighted by molar-refractivity contribution is 6.30. The van der Waals surface area contributed by atoms with E-state index in [9.17, 15) is 0 Å². The van der Waals surface area contributed by atoms with Crippen LogP contribution in [0.15, 0.2) is 97.2 Å². The van der Waals surface area contributed by atoms with Gasteiger partial charge in [-0.25, -0.2) is 0 Å². The van der Waals surface area contributed by atoms with Crippen molar-refractivity contribution in [2.75, 3.05) is 5.32 Å². The number of fused-ring (bicyclic) bond motifs is 1. The summed E-state index contributed by atoms with van der Waals surface area (Å²) in [5, 5.41) is 15.2. The summed E-state index contributed by atoms with van der Waals surface area (Å²) in [6.07, 6.45) is 2.53. The fraction of sp³-hybridized carbons (Fsp3) is 0.0385. The second-order valence-electron chi connectivity index (χ2n) is 7.26. The molecule has 0 saturated carbocycles. The van der Waals surface area contributed by atoms with Crippen molar-refractivity contribution < 1.29 is 0 Å². The molecule has 0 unspecified atom stereocenters. The molecule has 31 heavy (non-hydrogen) atoms. The predicted molar refractivity (Wildman–Crippen MR) is 127 cm³/mol. The van der Waals surface area contributed by atoms with Crippen LogP contribution in [-0.2, 0) is 6.42 Å². The van der Waals surface area contributed by atoms with Crippen LogP contribution in [0.4, 0.5) is 11.5 Å². The van der Waals surface area contributed by atoms with E-state index >= 15 is 0 Å². The van der Waals surface area contributed by atoms with Crippen molar-refractivity contribution in [3.63, 3.8) is 0 Å². The minimum Gasteiger partial charge on any atom is -0.338 e. The van der Waals surface area contributed by atoms with E-state index in [0.717, 1.165) is 44.8 Å². The highest BCUT2D eigenvalue weighted by atomic mass is 35.5. The summed E-state index contributed by atoms with van der Waals surface area (Å²) < 4.78 is 0. The van der Waals surface area contributed by atoms with E-state index in [2.05, 4.69) is 50.8 Å². The van der Waals surface area contributed by atoms with Crippen LogP contribution in [0.2, 0.25) is 5.02 Å². The van der Waals surface area contributed by atoms with E-state index in [1.54, 1.807) is 0 Å². The van der Waals surface area contributed by atoms with Gasteiger partial charge in [-0.3, -0.25) is 4.98 Å². The van der Waals surface area contributed by atoms with Gasteiger partial charge in [0.05, 0.1) is 11.4 Å². The smallest absolute Gasteiger partial charge is 0.160 e. The lowest BCUT2D eigenvalue weighted by molar-refractivity contribution is 0.961. The molecule has 0 aliphatic rings. The molecule has 0 atom stereocenters. The predicted octanol–water partition coefficient (Wildman–Crippen LogP) is 6.68. The van der Waals surface area contributed by atoms with Gasteiger partial charge in [0.2, 0.25) is 0 Å². The summed E-state index contributed by atoms with van der Waals surface area (Å²) in [6, 6.07) is 30.1. The number of benzene rings is 3. The summed E-state index contributed by atoms with van der Waals surface area (Å²) in [5.41, 5.74) is 5.05. The molecule has 2 aromatic heterocycles. The lowest BCUT2D eigenvalue weighted by Crippen LogP contribution is -2.02. The minimum atomic E-state index is 0.678. The third kappa shape index (κ3) is 4.25. The minimum absolute atomic E-state index is 0.678. The van der Waals surface area contributed by atoms with Gasteiger partial charge in [-0.15, -0.1) is 5.10 Å². The van der Waals surface area contributed by atoms with E-state index < -0.39 is 0 Å². The number of halogens is 1. The monoisotopic (exact) mass is 422 g/mol. The number of rotatable bonds is 5. The van der Waals surface area contributed by atoms with Crippen molar-refractivity contribution in [3.05, 3.63) is 113 Å². The van der Waals surface area contributed by atoms with Crippen LogP contribution in [-0.4, -0.2) is 15.2 Å². The second-order valence-corrected chi connectivity index (χ2v) is 7.70. The Balaban J connectivity index is 1.48. The molecule has 5 aromatic rings. The van der Waals surface area contributed by atoms with Crippen molar-refractivity contribution in [3.8, 4) is 11.3 Å². The van der Waals surface area contributed by atoms with Crippen LogP contribution in [0.1, 0.15) is 11.3 Å². The lowest BCUT2D eigenvalue weighted by atomic mass is 10.0. The highest BCUT2D eigenvalue weighted by Gasteiger charge is 2.11.